The standard InChI is InChI=1S/C22H28.CH2N2/c1-13(2)19-17-11-7-9-16-10-8-12-18(22(16)17)20(14(3)4)21(19)15(5)6;2-1-3/h7-15,19H,1-6H3;2-3H. The Morgan fingerprint density at radius 1 is 0.840 bits per heavy atom. The molecule has 1 atom stereocenters. The lowest BCUT2D eigenvalue weighted by molar-refractivity contribution is 0.509. The molecule has 2 heteroatoms. The zero-order valence-electron chi connectivity index (χ0n) is 16.3. The van der Waals surface area contributed by atoms with Crippen LogP contribution in [0, 0.1) is 28.6 Å². The van der Waals surface area contributed by atoms with E-state index < -0.39 is 0 Å². The maximum Gasteiger partial charge on any atom is 0.0831 e. The quantitative estimate of drug-likeness (QED) is 0.569. The van der Waals surface area contributed by atoms with Crippen molar-refractivity contribution >= 4 is 22.4 Å². The van der Waals surface area contributed by atoms with Crippen LogP contribution in [0.15, 0.2) is 42.0 Å². The van der Waals surface area contributed by atoms with E-state index in [0.717, 1.165) is 0 Å². The van der Waals surface area contributed by atoms with Crippen molar-refractivity contribution < 1.29 is 0 Å². The molecule has 0 saturated heterocycles. The van der Waals surface area contributed by atoms with E-state index in [4.69, 9.17) is 10.8 Å². The molecule has 1 unspecified atom stereocenters. The summed E-state index contributed by atoms with van der Waals surface area (Å²) < 4.78 is 0. The Morgan fingerprint density at radius 2 is 1.40 bits per heavy atom. The average molecular weight is 335 g/mol. The molecule has 0 aliphatic heterocycles. The van der Waals surface area contributed by atoms with E-state index in [-0.39, 0.29) is 0 Å². The van der Waals surface area contributed by atoms with E-state index in [1.165, 1.54) is 27.9 Å². The van der Waals surface area contributed by atoms with Crippen molar-refractivity contribution in [1.29, 1.82) is 10.8 Å². The summed E-state index contributed by atoms with van der Waals surface area (Å²) in [6.45, 7) is 14.2. The molecule has 0 radical (unpaired) electrons. The lowest BCUT2D eigenvalue weighted by Crippen LogP contribution is -2.21. The van der Waals surface area contributed by atoms with Gasteiger partial charge in [-0.3, -0.25) is 0 Å². The summed E-state index contributed by atoms with van der Waals surface area (Å²) in [4.78, 5) is 0. The van der Waals surface area contributed by atoms with E-state index in [0.29, 0.717) is 23.7 Å². The number of rotatable bonds is 3. The van der Waals surface area contributed by atoms with Gasteiger partial charge < -0.3 is 0 Å². The van der Waals surface area contributed by atoms with Gasteiger partial charge >= 0.3 is 0 Å². The lowest BCUT2D eigenvalue weighted by atomic mass is 9.67. The second kappa shape index (κ2) is 7.80. The van der Waals surface area contributed by atoms with Gasteiger partial charge in [0.05, 0.1) is 6.01 Å². The molecule has 0 heterocycles. The molecular weight excluding hydrogens is 304 g/mol. The molecule has 3 rings (SSSR count). The van der Waals surface area contributed by atoms with Crippen LogP contribution in [0.4, 0.5) is 0 Å². The minimum atomic E-state index is 0.552. The maximum atomic E-state index is 5.62. The summed E-state index contributed by atoms with van der Waals surface area (Å²) in [5, 5.41) is 14.1. The molecule has 0 aromatic heterocycles. The van der Waals surface area contributed by atoms with Gasteiger partial charge in [-0.25, -0.2) is 10.8 Å². The molecule has 25 heavy (non-hydrogen) atoms. The van der Waals surface area contributed by atoms with Crippen LogP contribution in [0.25, 0.3) is 16.3 Å². The fourth-order valence-corrected chi connectivity index (χ4v) is 4.38. The first-order valence-electron chi connectivity index (χ1n) is 9.19. The third kappa shape index (κ3) is 3.45. The maximum absolute atomic E-state index is 5.62. The number of hydrogen-bond acceptors (Lipinski definition) is 2. The Balaban J connectivity index is 0.000000701. The third-order valence-corrected chi connectivity index (χ3v) is 5.07. The Bertz CT molecular complexity index is 814. The first-order valence-corrected chi connectivity index (χ1v) is 9.19. The van der Waals surface area contributed by atoms with E-state index >= 15 is 0 Å². The predicted octanol–water partition coefficient (Wildman–Crippen LogP) is 6.98. The molecule has 2 N–H and O–H groups in total. The Kier molecular flexibility index (Phi) is 5.98. The van der Waals surface area contributed by atoms with Crippen LogP contribution in [0.3, 0.4) is 0 Å². The van der Waals surface area contributed by atoms with E-state index in [1.54, 1.807) is 11.1 Å². The molecule has 0 spiro atoms. The Labute approximate surface area is 152 Å². The molecule has 2 nitrogen and oxygen atoms in total. The molecular formula is C23H30N2. The van der Waals surface area contributed by atoms with Gasteiger partial charge in [0.25, 0.3) is 0 Å². The summed E-state index contributed by atoms with van der Waals surface area (Å²) in [6.07, 6.45) is 0. The molecule has 0 bridgehead atoms. The van der Waals surface area contributed by atoms with Gasteiger partial charge in [0, 0.05) is 5.92 Å². The van der Waals surface area contributed by atoms with Gasteiger partial charge in [-0.05, 0) is 45.2 Å². The number of hydrogen-bond donors (Lipinski definition) is 2. The first kappa shape index (κ1) is 19.1. The van der Waals surface area contributed by atoms with Gasteiger partial charge in [0.15, 0.2) is 0 Å². The molecule has 0 fully saturated rings. The second-order valence-corrected chi connectivity index (χ2v) is 7.78. The highest BCUT2D eigenvalue weighted by molar-refractivity contribution is 6.00. The summed E-state index contributed by atoms with van der Waals surface area (Å²) in [5.41, 5.74) is 6.27. The van der Waals surface area contributed by atoms with Crippen LogP contribution in [-0.4, -0.2) is 6.01 Å². The van der Waals surface area contributed by atoms with Crippen LogP contribution < -0.4 is 0 Å². The van der Waals surface area contributed by atoms with Crippen LogP contribution >= 0.6 is 0 Å². The van der Waals surface area contributed by atoms with Crippen molar-refractivity contribution in [1.82, 2.24) is 0 Å². The summed E-state index contributed by atoms with van der Waals surface area (Å²) >= 11 is 0. The van der Waals surface area contributed by atoms with Crippen molar-refractivity contribution in [2.75, 3.05) is 0 Å². The lowest BCUT2D eigenvalue weighted by Gasteiger charge is -2.37. The molecule has 0 saturated carbocycles. The Morgan fingerprint density at radius 3 is 1.88 bits per heavy atom. The van der Waals surface area contributed by atoms with Crippen molar-refractivity contribution in [2.24, 2.45) is 17.8 Å². The normalized spacial score (nSPS) is 16.3. The minimum Gasteiger partial charge on any atom is -0.242 e. The summed E-state index contributed by atoms with van der Waals surface area (Å²) in [5.74, 6) is 2.34. The van der Waals surface area contributed by atoms with Crippen molar-refractivity contribution in [3.8, 4) is 0 Å². The highest BCUT2D eigenvalue weighted by Gasteiger charge is 2.33. The van der Waals surface area contributed by atoms with E-state index in [1.807, 2.05) is 0 Å². The van der Waals surface area contributed by atoms with Gasteiger partial charge in [0.1, 0.15) is 0 Å². The van der Waals surface area contributed by atoms with E-state index in [9.17, 15) is 0 Å². The second-order valence-electron chi connectivity index (χ2n) is 7.78. The SMILES string of the molecule is CC(C)C1=C(C(C)C)C(C(C)C)c2cccc3cccc1c23.N=C=N. The number of allylic oxidation sites excluding steroid dienone is 2. The highest BCUT2D eigenvalue weighted by Crippen LogP contribution is 2.50. The molecule has 132 valence electrons. The van der Waals surface area contributed by atoms with Gasteiger partial charge in [-0.1, -0.05) is 83.5 Å². The molecule has 1 aliphatic carbocycles. The summed E-state index contributed by atoms with van der Waals surface area (Å²) in [7, 11) is 0. The molecule has 2 aromatic carbocycles. The largest absolute Gasteiger partial charge is 0.242 e. The summed E-state index contributed by atoms with van der Waals surface area (Å²) in [6, 6.07) is 14.9. The smallest absolute Gasteiger partial charge is 0.0831 e. The minimum absolute atomic E-state index is 0.552. The molecule has 1 aliphatic rings. The average Bonchev–Trinajstić information content (AvgIpc) is 2.54. The van der Waals surface area contributed by atoms with Crippen molar-refractivity contribution in [3.63, 3.8) is 0 Å². The number of benzene rings is 2. The van der Waals surface area contributed by atoms with Crippen LogP contribution in [0.5, 0.6) is 0 Å². The van der Waals surface area contributed by atoms with Gasteiger partial charge in [-0.2, -0.15) is 0 Å². The van der Waals surface area contributed by atoms with Crippen LogP contribution in [0.2, 0.25) is 0 Å². The van der Waals surface area contributed by atoms with Crippen molar-refractivity contribution in [2.45, 2.75) is 47.5 Å². The Hall–Kier alpha value is -2.18. The van der Waals surface area contributed by atoms with Crippen molar-refractivity contribution in [3.05, 3.63) is 53.1 Å². The first-order chi connectivity index (χ1) is 11.8. The fraction of sp³-hybridized carbons (Fsp3) is 0.435. The van der Waals surface area contributed by atoms with Crippen LogP contribution in [-0.2, 0) is 0 Å². The zero-order valence-corrected chi connectivity index (χ0v) is 16.3. The third-order valence-electron chi connectivity index (χ3n) is 5.07. The zero-order chi connectivity index (χ0) is 18.7. The highest BCUT2D eigenvalue weighted by atomic mass is 14.4. The van der Waals surface area contributed by atoms with Gasteiger partial charge in [-0.15, -0.1) is 0 Å². The fourth-order valence-electron chi connectivity index (χ4n) is 4.38. The monoisotopic (exact) mass is 334 g/mol. The topological polar surface area (TPSA) is 47.7 Å². The molecule has 2 aromatic rings. The van der Waals surface area contributed by atoms with Gasteiger partial charge in [0.2, 0.25) is 0 Å². The van der Waals surface area contributed by atoms with E-state index in [2.05, 4.69) is 77.9 Å². The van der Waals surface area contributed by atoms with Crippen LogP contribution in [0.1, 0.15) is 58.6 Å². The predicted molar refractivity (Wildman–Crippen MR) is 109 cm³/mol. The number of nitrogens with one attached hydrogen (secondary N) is 2. The molecule has 0 amide bonds.